The molecule has 0 N–H and O–H groups in total. The van der Waals surface area contributed by atoms with E-state index in [0.717, 1.165) is 38.5 Å². The zero-order valence-corrected chi connectivity index (χ0v) is 41.2. The van der Waals surface area contributed by atoms with E-state index in [1.165, 1.54) is 110 Å². The van der Waals surface area contributed by atoms with Gasteiger partial charge in [0.2, 0.25) is 0 Å². The van der Waals surface area contributed by atoms with Gasteiger partial charge in [0.1, 0.15) is 0 Å². The maximum atomic E-state index is 2.61. The average molecular weight is 903 g/mol. The van der Waals surface area contributed by atoms with E-state index in [1.807, 2.05) is 0 Å². The highest BCUT2D eigenvalue weighted by molar-refractivity contribution is 5.89. The minimum atomic E-state index is 0.0112. The van der Waals surface area contributed by atoms with Crippen molar-refractivity contribution in [3.05, 3.63) is 271 Å². The molecule has 0 spiro atoms. The first-order valence-corrected chi connectivity index (χ1v) is 26.3. The molecule has 0 bridgehead atoms. The Morgan fingerprint density at radius 1 is 0.443 bits per heavy atom. The van der Waals surface area contributed by atoms with E-state index in [2.05, 4.69) is 228 Å². The predicted octanol–water partition coefficient (Wildman–Crippen LogP) is 14.4. The average Bonchev–Trinajstić information content (AvgIpc) is 3.64. The van der Waals surface area contributed by atoms with Crippen molar-refractivity contribution < 1.29 is 0 Å². The zero-order valence-electron chi connectivity index (χ0n) is 41.2. The monoisotopic (exact) mass is 902 g/mol. The van der Waals surface area contributed by atoms with Crippen LogP contribution in [0.15, 0.2) is 223 Å². The Kier molecular flexibility index (Phi) is 10.5. The Labute approximate surface area is 415 Å². The van der Waals surface area contributed by atoms with Crippen LogP contribution in [0.5, 0.6) is 0 Å². The van der Waals surface area contributed by atoms with E-state index in [9.17, 15) is 0 Å². The molecule has 0 heteroatoms. The largest absolute Gasteiger partial charge is 0.0842 e. The summed E-state index contributed by atoms with van der Waals surface area (Å²) in [6.45, 7) is 9.56. The van der Waals surface area contributed by atoms with Gasteiger partial charge in [-0.3, -0.25) is 0 Å². The van der Waals surface area contributed by atoms with E-state index >= 15 is 0 Å². The molecule has 0 nitrogen and oxygen atoms in total. The van der Waals surface area contributed by atoms with Crippen molar-refractivity contribution >= 4 is 33.4 Å². The van der Waals surface area contributed by atoms with E-state index < -0.39 is 0 Å². The fourth-order valence-electron chi connectivity index (χ4n) is 13.9. The van der Waals surface area contributed by atoms with Crippen molar-refractivity contribution in [3.63, 3.8) is 0 Å². The SMILES string of the molecule is CC(C)c1cc(C2=c3ccccc3=C(C3=CC=CCC3)C3C=CC=CC23)ccc1-c1ccc(C2=CC=C(C3=c4ccccc4=C(C4=CC5=C(CC4)c4ccccc4C5(C)C)C4C=CC=CC34)CC2)cc1. The fraction of sp³-hybridized carbons (Fsp3) is 0.229. The first kappa shape index (κ1) is 43.0. The van der Waals surface area contributed by atoms with Gasteiger partial charge in [-0.2, -0.15) is 0 Å². The topological polar surface area (TPSA) is 0 Å². The molecule has 8 aliphatic rings. The molecular formula is C70H62. The predicted molar refractivity (Wildman–Crippen MR) is 296 cm³/mol. The normalized spacial score (nSPS) is 23.5. The highest BCUT2D eigenvalue weighted by Gasteiger charge is 2.40. The van der Waals surface area contributed by atoms with Gasteiger partial charge in [0.15, 0.2) is 0 Å². The Bertz CT molecular complexity index is 3640. The van der Waals surface area contributed by atoms with Crippen LogP contribution in [0.25, 0.3) is 44.6 Å². The van der Waals surface area contributed by atoms with Crippen molar-refractivity contribution in [3.8, 4) is 11.1 Å². The van der Waals surface area contributed by atoms with Crippen LogP contribution in [-0.2, 0) is 5.41 Å². The molecule has 0 aliphatic heterocycles. The van der Waals surface area contributed by atoms with Crippen molar-refractivity contribution in [1.82, 2.24) is 0 Å². The second-order valence-corrected chi connectivity index (χ2v) is 21.7. The molecule has 342 valence electrons. The van der Waals surface area contributed by atoms with Gasteiger partial charge in [0, 0.05) is 29.1 Å². The fourth-order valence-corrected chi connectivity index (χ4v) is 13.9. The number of allylic oxidation sites excluding steroid dienone is 20. The van der Waals surface area contributed by atoms with E-state index in [-0.39, 0.29) is 5.41 Å². The second kappa shape index (κ2) is 17.1. The summed E-state index contributed by atoms with van der Waals surface area (Å²) in [4.78, 5) is 0. The lowest BCUT2D eigenvalue weighted by Gasteiger charge is -2.36. The molecule has 0 saturated carbocycles. The summed E-state index contributed by atoms with van der Waals surface area (Å²) in [5, 5.41) is 5.63. The molecule has 0 heterocycles. The number of fused-ring (bicyclic) bond motifs is 6. The van der Waals surface area contributed by atoms with Crippen molar-refractivity contribution in [2.75, 3.05) is 0 Å². The molecule has 5 aromatic carbocycles. The summed E-state index contributed by atoms with van der Waals surface area (Å²) >= 11 is 0. The molecule has 0 radical (unpaired) electrons. The van der Waals surface area contributed by atoms with Crippen LogP contribution in [-0.4, -0.2) is 0 Å². The van der Waals surface area contributed by atoms with Gasteiger partial charge in [-0.25, -0.2) is 0 Å². The second-order valence-electron chi connectivity index (χ2n) is 21.7. The van der Waals surface area contributed by atoms with Crippen molar-refractivity contribution in [1.29, 1.82) is 0 Å². The quantitative estimate of drug-likeness (QED) is 0.153. The lowest BCUT2D eigenvalue weighted by Crippen LogP contribution is -2.41. The Hall–Kier alpha value is -7.02. The van der Waals surface area contributed by atoms with Crippen LogP contribution in [0.3, 0.4) is 0 Å². The van der Waals surface area contributed by atoms with Gasteiger partial charge in [-0.05, 0) is 160 Å². The maximum Gasteiger partial charge on any atom is 0.0155 e. The summed E-state index contributed by atoms with van der Waals surface area (Å²) in [6, 6.07) is 44.5. The highest BCUT2D eigenvalue weighted by Crippen LogP contribution is 2.53. The first-order chi connectivity index (χ1) is 34.3. The zero-order chi connectivity index (χ0) is 47.1. The number of benzene rings is 5. The lowest BCUT2D eigenvalue weighted by molar-refractivity contribution is 0.646. The summed E-state index contributed by atoms with van der Waals surface area (Å²) < 4.78 is 0. The third-order valence-corrected chi connectivity index (χ3v) is 17.3. The van der Waals surface area contributed by atoms with Gasteiger partial charge < -0.3 is 0 Å². The molecule has 5 aromatic rings. The van der Waals surface area contributed by atoms with E-state index in [1.54, 1.807) is 5.57 Å². The lowest BCUT2D eigenvalue weighted by atomic mass is 9.67. The molecule has 0 amide bonds. The van der Waals surface area contributed by atoms with Gasteiger partial charge in [0.25, 0.3) is 0 Å². The smallest absolute Gasteiger partial charge is 0.0155 e. The van der Waals surface area contributed by atoms with E-state index in [4.69, 9.17) is 0 Å². The summed E-state index contributed by atoms with van der Waals surface area (Å²) in [7, 11) is 0. The third kappa shape index (κ3) is 6.93. The Morgan fingerprint density at radius 3 is 1.56 bits per heavy atom. The van der Waals surface area contributed by atoms with Crippen LogP contribution in [0, 0.1) is 23.7 Å². The molecule has 4 atom stereocenters. The summed E-state index contributed by atoms with van der Waals surface area (Å²) in [5.41, 5.74) is 24.7. The summed E-state index contributed by atoms with van der Waals surface area (Å²) in [5.74, 6) is 1.65. The molecule has 70 heavy (non-hydrogen) atoms. The molecule has 0 fully saturated rings. The van der Waals surface area contributed by atoms with Crippen molar-refractivity contribution in [2.45, 2.75) is 77.6 Å². The number of hydrogen-bond donors (Lipinski definition) is 0. The Morgan fingerprint density at radius 2 is 0.957 bits per heavy atom. The first-order valence-electron chi connectivity index (χ1n) is 26.3. The van der Waals surface area contributed by atoms with Gasteiger partial charge in [-0.15, -0.1) is 0 Å². The summed E-state index contributed by atoms with van der Waals surface area (Å²) in [6.07, 6.45) is 39.9. The van der Waals surface area contributed by atoms with Gasteiger partial charge in [-0.1, -0.05) is 228 Å². The highest BCUT2D eigenvalue weighted by atomic mass is 14.4. The maximum absolute atomic E-state index is 2.61. The van der Waals surface area contributed by atoms with Gasteiger partial charge in [0.05, 0.1) is 0 Å². The van der Waals surface area contributed by atoms with Gasteiger partial charge >= 0.3 is 0 Å². The van der Waals surface area contributed by atoms with E-state index in [0.29, 0.717) is 29.6 Å². The molecule has 13 rings (SSSR count). The minimum Gasteiger partial charge on any atom is -0.0842 e. The molecular weight excluding hydrogens is 841 g/mol. The van der Waals surface area contributed by atoms with Crippen LogP contribution < -0.4 is 20.9 Å². The van der Waals surface area contributed by atoms with Crippen LogP contribution in [0.4, 0.5) is 0 Å². The molecule has 4 unspecified atom stereocenters. The standard InChI is InChI=1S/C70H62/c1-44(2)63-42-50(68-59-25-12-8-21-55(59)66(48-18-6-5-7-19-48)56-22-9-13-26-60(56)68)38-40-52(63)47-34-30-45(31-35-47)46-32-36-49(37-33-46)67-57-23-10-14-27-61(57)69(62-28-15-11-24-58(62)67)51-39-41-54-53-20-16-17-29-64(53)70(3,4)65(54)43-51/h5-6,8-18,20-32,34-36,38,40,42-44,55,57,59,61H,7,19,33,37,39,41H2,1-4H3. The van der Waals surface area contributed by atoms with Crippen LogP contribution >= 0.6 is 0 Å². The number of rotatable bonds is 7. The van der Waals surface area contributed by atoms with Crippen LogP contribution in [0.1, 0.15) is 100.0 Å². The van der Waals surface area contributed by atoms with Crippen LogP contribution in [0.2, 0.25) is 0 Å². The minimum absolute atomic E-state index is 0.0112. The number of hydrogen-bond acceptors (Lipinski definition) is 0. The third-order valence-electron chi connectivity index (χ3n) is 17.3. The molecule has 0 aromatic heterocycles. The Balaban J connectivity index is 0.840. The molecule has 0 saturated heterocycles. The van der Waals surface area contributed by atoms with Crippen molar-refractivity contribution in [2.24, 2.45) is 23.7 Å². The molecule has 8 aliphatic carbocycles.